The van der Waals surface area contributed by atoms with Crippen molar-refractivity contribution in [2.24, 2.45) is 0 Å². The Bertz CT molecular complexity index is 389. The maximum Gasteiger partial charge on any atom is 0.320 e. The lowest BCUT2D eigenvalue weighted by Crippen LogP contribution is -2.45. The number of benzene rings is 1. The number of nitrogens with one attached hydrogen (secondary N) is 1. The van der Waals surface area contributed by atoms with Gasteiger partial charge in [0.05, 0.1) is 6.04 Å². The summed E-state index contributed by atoms with van der Waals surface area (Å²) in [5.41, 5.74) is 0.591. The van der Waals surface area contributed by atoms with Gasteiger partial charge in [-0.1, -0.05) is 37.3 Å². The Morgan fingerprint density at radius 3 is 2.35 bits per heavy atom. The molecule has 0 aliphatic carbocycles. The zero-order valence-electron chi connectivity index (χ0n) is 10.0. The molecule has 0 saturated heterocycles. The monoisotopic (exact) mass is 235 g/mol. The largest absolute Gasteiger partial charge is 0.480 e. The number of rotatable bonds is 6. The zero-order valence-corrected chi connectivity index (χ0v) is 10.0. The number of Topliss-reactive ketones (excluding diaryl/α,β-unsaturated/α-hetero) is 1. The molecule has 0 radical (unpaired) electrons. The molecule has 0 bridgehead atoms. The minimum Gasteiger partial charge on any atom is -0.480 e. The lowest BCUT2D eigenvalue weighted by Gasteiger charge is -2.17. The van der Waals surface area contributed by atoms with Gasteiger partial charge >= 0.3 is 5.97 Å². The standard InChI is InChI=1S/C13H17NO3/c1-3-11(13(16)17)14-9(2)12(15)10-7-5-4-6-8-10/h4-9,11,14H,3H2,1-2H3,(H,16,17). The number of aliphatic carboxylic acids is 1. The second-order valence-corrected chi connectivity index (χ2v) is 3.92. The molecule has 1 aromatic carbocycles. The van der Waals surface area contributed by atoms with E-state index in [0.29, 0.717) is 12.0 Å². The Labute approximate surface area is 101 Å². The first-order chi connectivity index (χ1) is 8.06. The topological polar surface area (TPSA) is 66.4 Å². The molecule has 92 valence electrons. The number of hydrogen-bond donors (Lipinski definition) is 2. The van der Waals surface area contributed by atoms with Gasteiger partial charge < -0.3 is 5.11 Å². The van der Waals surface area contributed by atoms with Crippen molar-refractivity contribution in [3.8, 4) is 0 Å². The highest BCUT2D eigenvalue weighted by Gasteiger charge is 2.21. The zero-order chi connectivity index (χ0) is 12.8. The van der Waals surface area contributed by atoms with E-state index < -0.39 is 18.1 Å². The molecule has 0 aliphatic rings. The number of ketones is 1. The van der Waals surface area contributed by atoms with Crippen molar-refractivity contribution in [2.75, 3.05) is 0 Å². The first-order valence-electron chi connectivity index (χ1n) is 5.64. The first kappa shape index (κ1) is 13.4. The van der Waals surface area contributed by atoms with Crippen molar-refractivity contribution in [3.63, 3.8) is 0 Å². The third kappa shape index (κ3) is 3.67. The smallest absolute Gasteiger partial charge is 0.320 e. The minimum absolute atomic E-state index is 0.0923. The van der Waals surface area contributed by atoms with E-state index >= 15 is 0 Å². The SMILES string of the molecule is CCC(NC(C)C(=O)c1ccccc1)C(=O)O. The minimum atomic E-state index is -0.930. The van der Waals surface area contributed by atoms with Gasteiger partial charge in [0.25, 0.3) is 0 Å². The van der Waals surface area contributed by atoms with Gasteiger partial charge in [-0.25, -0.2) is 0 Å². The van der Waals surface area contributed by atoms with Crippen LogP contribution < -0.4 is 5.32 Å². The molecule has 4 heteroatoms. The van der Waals surface area contributed by atoms with Crippen LogP contribution >= 0.6 is 0 Å². The highest BCUT2D eigenvalue weighted by Crippen LogP contribution is 2.04. The summed E-state index contributed by atoms with van der Waals surface area (Å²) in [7, 11) is 0. The van der Waals surface area contributed by atoms with Crippen LogP contribution in [0.1, 0.15) is 30.6 Å². The van der Waals surface area contributed by atoms with Crippen LogP contribution in [0.3, 0.4) is 0 Å². The fourth-order valence-corrected chi connectivity index (χ4v) is 1.59. The van der Waals surface area contributed by atoms with Gasteiger partial charge in [0.15, 0.2) is 5.78 Å². The maximum absolute atomic E-state index is 12.0. The van der Waals surface area contributed by atoms with Gasteiger partial charge in [0.1, 0.15) is 6.04 Å². The summed E-state index contributed by atoms with van der Waals surface area (Å²) in [4.78, 5) is 22.8. The van der Waals surface area contributed by atoms with Crippen LogP contribution in [0.15, 0.2) is 30.3 Å². The molecule has 2 atom stereocenters. The van der Waals surface area contributed by atoms with E-state index in [-0.39, 0.29) is 5.78 Å². The Hall–Kier alpha value is -1.68. The van der Waals surface area contributed by atoms with Crippen LogP contribution in [0.4, 0.5) is 0 Å². The predicted octanol–water partition coefficient (Wildman–Crippen LogP) is 1.71. The average Bonchev–Trinajstić information content (AvgIpc) is 2.35. The number of carbonyl (C=O) groups excluding carboxylic acids is 1. The van der Waals surface area contributed by atoms with E-state index in [9.17, 15) is 9.59 Å². The third-order valence-corrected chi connectivity index (χ3v) is 2.61. The molecular formula is C13H17NO3. The maximum atomic E-state index is 12.0. The number of carboxylic acid groups (broad SMARTS) is 1. The number of carboxylic acids is 1. The lowest BCUT2D eigenvalue weighted by atomic mass is 10.0. The highest BCUT2D eigenvalue weighted by molar-refractivity contribution is 6.00. The molecule has 17 heavy (non-hydrogen) atoms. The van der Waals surface area contributed by atoms with E-state index in [2.05, 4.69) is 5.32 Å². The second-order valence-electron chi connectivity index (χ2n) is 3.92. The highest BCUT2D eigenvalue weighted by atomic mass is 16.4. The Morgan fingerprint density at radius 2 is 1.88 bits per heavy atom. The number of carbonyl (C=O) groups is 2. The molecule has 0 aromatic heterocycles. The van der Waals surface area contributed by atoms with E-state index in [1.54, 1.807) is 38.1 Å². The summed E-state index contributed by atoms with van der Waals surface area (Å²) in [6.07, 6.45) is 0.446. The lowest BCUT2D eigenvalue weighted by molar-refractivity contribution is -0.139. The summed E-state index contributed by atoms with van der Waals surface area (Å²) in [5, 5.41) is 11.7. The van der Waals surface area contributed by atoms with Crippen molar-refractivity contribution in [2.45, 2.75) is 32.4 Å². The molecule has 0 saturated carbocycles. The molecule has 0 aliphatic heterocycles. The Balaban J connectivity index is 2.68. The van der Waals surface area contributed by atoms with E-state index in [4.69, 9.17) is 5.11 Å². The predicted molar refractivity (Wildman–Crippen MR) is 65.1 cm³/mol. The molecule has 0 spiro atoms. The van der Waals surface area contributed by atoms with Crippen LogP contribution in [0.25, 0.3) is 0 Å². The summed E-state index contributed by atoms with van der Waals surface area (Å²) in [6, 6.07) is 7.67. The van der Waals surface area contributed by atoms with E-state index in [1.165, 1.54) is 0 Å². The van der Waals surface area contributed by atoms with Crippen molar-refractivity contribution >= 4 is 11.8 Å². The van der Waals surface area contributed by atoms with Gasteiger partial charge in [0, 0.05) is 5.56 Å². The fourth-order valence-electron chi connectivity index (χ4n) is 1.59. The molecule has 2 N–H and O–H groups in total. The quantitative estimate of drug-likeness (QED) is 0.737. The summed E-state index contributed by atoms with van der Waals surface area (Å²) >= 11 is 0. The fraction of sp³-hybridized carbons (Fsp3) is 0.385. The molecule has 2 unspecified atom stereocenters. The van der Waals surface area contributed by atoms with Gasteiger partial charge in [-0.05, 0) is 13.3 Å². The van der Waals surface area contributed by atoms with Gasteiger partial charge in [-0.15, -0.1) is 0 Å². The van der Waals surface area contributed by atoms with Gasteiger partial charge in [-0.2, -0.15) is 0 Å². The second kappa shape index (κ2) is 6.15. The summed E-state index contributed by atoms with van der Waals surface area (Å²) in [5.74, 6) is -1.02. The molecule has 1 aromatic rings. The molecule has 4 nitrogen and oxygen atoms in total. The molecular weight excluding hydrogens is 218 g/mol. The van der Waals surface area contributed by atoms with Crippen molar-refractivity contribution in [3.05, 3.63) is 35.9 Å². The van der Waals surface area contributed by atoms with Gasteiger partial charge in [0.2, 0.25) is 0 Å². The van der Waals surface area contributed by atoms with Crippen LogP contribution in [0.5, 0.6) is 0 Å². The summed E-state index contributed by atoms with van der Waals surface area (Å²) in [6.45, 7) is 3.45. The first-order valence-corrected chi connectivity index (χ1v) is 5.64. The average molecular weight is 235 g/mol. The normalized spacial score (nSPS) is 14.0. The van der Waals surface area contributed by atoms with Crippen LogP contribution in [-0.4, -0.2) is 28.9 Å². The Morgan fingerprint density at radius 1 is 1.29 bits per heavy atom. The van der Waals surface area contributed by atoms with Crippen molar-refractivity contribution in [1.82, 2.24) is 5.32 Å². The molecule has 0 amide bonds. The van der Waals surface area contributed by atoms with Crippen LogP contribution in [0.2, 0.25) is 0 Å². The van der Waals surface area contributed by atoms with Crippen LogP contribution in [-0.2, 0) is 4.79 Å². The summed E-state index contributed by atoms with van der Waals surface area (Å²) < 4.78 is 0. The van der Waals surface area contributed by atoms with E-state index in [0.717, 1.165) is 0 Å². The van der Waals surface area contributed by atoms with Crippen molar-refractivity contribution < 1.29 is 14.7 Å². The van der Waals surface area contributed by atoms with Crippen molar-refractivity contribution in [1.29, 1.82) is 0 Å². The third-order valence-electron chi connectivity index (χ3n) is 2.61. The molecule has 1 rings (SSSR count). The van der Waals surface area contributed by atoms with Crippen LogP contribution in [0, 0.1) is 0 Å². The molecule has 0 heterocycles. The van der Waals surface area contributed by atoms with E-state index in [1.807, 2.05) is 6.07 Å². The van der Waals surface area contributed by atoms with Gasteiger partial charge in [-0.3, -0.25) is 14.9 Å². The number of hydrogen-bond acceptors (Lipinski definition) is 3. The Kier molecular flexibility index (Phi) is 4.84. The molecule has 0 fully saturated rings.